The maximum atomic E-state index is 14.8. The molecule has 0 saturated carbocycles. The summed E-state index contributed by atoms with van der Waals surface area (Å²) in [5.74, 6) is -3.88. The number of nitrogens with one attached hydrogen (secondary N) is 1. The van der Waals surface area contributed by atoms with Gasteiger partial charge in [0.15, 0.2) is 0 Å². The predicted octanol–water partition coefficient (Wildman–Crippen LogP) is 6.63. The van der Waals surface area contributed by atoms with E-state index in [2.05, 4.69) is 15.5 Å². The lowest BCUT2D eigenvalue weighted by Crippen LogP contribution is -2.36. The van der Waals surface area contributed by atoms with Crippen molar-refractivity contribution in [2.75, 3.05) is 6.54 Å². The second-order valence-electron chi connectivity index (χ2n) is 7.58. The number of hydrogen-bond donors (Lipinski definition) is 1. The van der Waals surface area contributed by atoms with Crippen LogP contribution in [0.15, 0.2) is 42.5 Å². The Morgan fingerprint density at radius 3 is 2.55 bits per heavy atom. The molecule has 0 unspecified atom stereocenters. The molecule has 1 aromatic heterocycles. The monoisotopic (exact) mass is 511 g/mol. The van der Waals surface area contributed by atoms with Crippen molar-refractivity contribution in [1.29, 1.82) is 0 Å². The molecular formula is C23H18Cl3F2N3O2. The summed E-state index contributed by atoms with van der Waals surface area (Å²) >= 11 is 17.8. The fourth-order valence-electron chi connectivity index (χ4n) is 3.66. The summed E-state index contributed by atoms with van der Waals surface area (Å²) in [4.78, 5) is 13.1. The van der Waals surface area contributed by atoms with Gasteiger partial charge in [0.05, 0.1) is 17.3 Å². The largest absolute Gasteiger partial charge is 0.437 e. The van der Waals surface area contributed by atoms with Crippen LogP contribution in [0.2, 0.25) is 15.1 Å². The molecule has 0 radical (unpaired) electrons. The van der Waals surface area contributed by atoms with Crippen LogP contribution in [0.1, 0.15) is 40.0 Å². The number of ether oxygens (including phenoxy) is 1. The van der Waals surface area contributed by atoms with Gasteiger partial charge in [-0.05, 0) is 67.6 Å². The first-order valence-electron chi connectivity index (χ1n) is 10.2. The van der Waals surface area contributed by atoms with Gasteiger partial charge in [0.2, 0.25) is 0 Å². The first-order chi connectivity index (χ1) is 15.7. The van der Waals surface area contributed by atoms with Crippen molar-refractivity contribution < 1.29 is 18.3 Å². The Morgan fingerprint density at radius 2 is 1.79 bits per heavy atom. The van der Waals surface area contributed by atoms with E-state index in [1.165, 1.54) is 12.1 Å². The summed E-state index contributed by atoms with van der Waals surface area (Å²) < 4.78 is 35.5. The van der Waals surface area contributed by atoms with Gasteiger partial charge in [-0.3, -0.25) is 4.79 Å². The highest BCUT2D eigenvalue weighted by Crippen LogP contribution is 2.35. The molecule has 0 spiro atoms. The average Bonchev–Trinajstić information content (AvgIpc) is 2.77. The molecule has 0 bridgehead atoms. The van der Waals surface area contributed by atoms with Gasteiger partial charge in [-0.15, -0.1) is 5.10 Å². The summed E-state index contributed by atoms with van der Waals surface area (Å²) in [5, 5.41) is 11.1. The summed E-state index contributed by atoms with van der Waals surface area (Å²) in [6, 6.07) is 10.2. The van der Waals surface area contributed by atoms with Gasteiger partial charge in [0, 0.05) is 15.6 Å². The minimum atomic E-state index is -3.42. The van der Waals surface area contributed by atoms with Gasteiger partial charge >= 0.3 is 0 Å². The van der Waals surface area contributed by atoms with E-state index < -0.39 is 23.9 Å². The molecule has 10 heteroatoms. The number of carbonyl (C=O) groups excluding carboxylic acids is 1. The Bertz CT molecular complexity index is 1210. The van der Waals surface area contributed by atoms with Crippen LogP contribution < -0.4 is 10.1 Å². The maximum absolute atomic E-state index is 14.8. The average molecular weight is 513 g/mol. The molecule has 5 nitrogen and oxygen atoms in total. The van der Waals surface area contributed by atoms with Gasteiger partial charge in [-0.25, -0.2) is 0 Å². The minimum Gasteiger partial charge on any atom is -0.437 e. The van der Waals surface area contributed by atoms with Crippen LogP contribution in [0.3, 0.4) is 0 Å². The number of fused-ring (bicyclic) bond motifs is 1. The maximum Gasteiger partial charge on any atom is 0.291 e. The van der Waals surface area contributed by atoms with E-state index in [1.54, 1.807) is 24.3 Å². The van der Waals surface area contributed by atoms with Gasteiger partial charge in [0.1, 0.15) is 11.3 Å². The Morgan fingerprint density at radius 1 is 1.03 bits per heavy atom. The SMILES string of the molecule is O=C(NCC(F)(F)c1ccc(Cl)cc1Cl)c1c(Oc2cccc(Cl)c2)nnc2c1CCCC2. The van der Waals surface area contributed by atoms with E-state index >= 15 is 0 Å². The summed E-state index contributed by atoms with van der Waals surface area (Å²) in [6.07, 6.45) is 2.96. The Labute approximate surface area is 204 Å². The van der Waals surface area contributed by atoms with Crippen LogP contribution in [0.4, 0.5) is 8.78 Å². The van der Waals surface area contributed by atoms with Crippen LogP contribution >= 0.6 is 34.8 Å². The number of aryl methyl sites for hydroxylation is 1. The number of rotatable bonds is 6. The molecule has 0 saturated heterocycles. The van der Waals surface area contributed by atoms with Gasteiger partial charge in [-0.2, -0.15) is 13.9 Å². The van der Waals surface area contributed by atoms with Crippen LogP contribution in [0, 0.1) is 0 Å². The van der Waals surface area contributed by atoms with Crippen molar-refractivity contribution in [3.63, 3.8) is 0 Å². The van der Waals surface area contributed by atoms with Crippen molar-refractivity contribution in [3.8, 4) is 11.6 Å². The highest BCUT2D eigenvalue weighted by molar-refractivity contribution is 6.35. The van der Waals surface area contributed by atoms with Crippen LogP contribution in [-0.2, 0) is 18.8 Å². The molecule has 4 rings (SSSR count). The number of carbonyl (C=O) groups is 1. The van der Waals surface area contributed by atoms with Crippen molar-refractivity contribution in [2.45, 2.75) is 31.6 Å². The van der Waals surface area contributed by atoms with Crippen molar-refractivity contribution in [3.05, 3.63) is 79.9 Å². The fraction of sp³-hybridized carbons (Fsp3) is 0.261. The lowest BCUT2D eigenvalue weighted by molar-refractivity contribution is -0.00241. The number of aromatic nitrogens is 2. The molecule has 2 aromatic carbocycles. The zero-order valence-corrected chi connectivity index (χ0v) is 19.4. The van der Waals surface area contributed by atoms with E-state index in [1.807, 2.05) is 0 Å². The molecule has 1 heterocycles. The lowest BCUT2D eigenvalue weighted by atomic mass is 9.92. The Balaban J connectivity index is 1.63. The molecule has 1 aliphatic carbocycles. The number of benzene rings is 2. The first kappa shape index (κ1) is 23.7. The molecule has 1 aliphatic rings. The molecular weight excluding hydrogens is 495 g/mol. The van der Waals surface area contributed by atoms with E-state index in [9.17, 15) is 13.6 Å². The molecule has 1 amide bonds. The third kappa shape index (κ3) is 5.37. The molecule has 0 aliphatic heterocycles. The quantitative estimate of drug-likeness (QED) is 0.403. The summed E-state index contributed by atoms with van der Waals surface area (Å²) in [6.45, 7) is -0.971. The number of alkyl halides is 2. The summed E-state index contributed by atoms with van der Waals surface area (Å²) in [7, 11) is 0. The van der Waals surface area contributed by atoms with Crippen LogP contribution in [0.25, 0.3) is 0 Å². The lowest BCUT2D eigenvalue weighted by Gasteiger charge is -2.22. The van der Waals surface area contributed by atoms with Gasteiger partial charge in [-0.1, -0.05) is 40.9 Å². The fourth-order valence-corrected chi connectivity index (χ4v) is 4.39. The highest BCUT2D eigenvalue weighted by atomic mass is 35.5. The molecule has 3 aromatic rings. The smallest absolute Gasteiger partial charge is 0.291 e. The number of amides is 1. The van der Waals surface area contributed by atoms with E-state index in [-0.39, 0.29) is 21.5 Å². The zero-order chi connectivity index (χ0) is 23.6. The summed E-state index contributed by atoms with van der Waals surface area (Å²) in [5.41, 5.74) is 0.979. The Hall–Kier alpha value is -2.48. The minimum absolute atomic E-state index is 0.0664. The van der Waals surface area contributed by atoms with E-state index in [0.717, 1.165) is 18.9 Å². The number of hydrogen-bond acceptors (Lipinski definition) is 4. The Kier molecular flexibility index (Phi) is 7.02. The standard InChI is InChI=1S/C23H18Cl3F2N3O2/c24-13-4-3-5-15(10-13)33-22-20(16-6-1-2-7-19(16)30-31-22)21(32)29-12-23(27,28)17-9-8-14(25)11-18(17)26/h3-5,8-11H,1-2,6-7,12H2,(H,29,32). The highest BCUT2D eigenvalue weighted by Gasteiger charge is 2.35. The number of nitrogens with zero attached hydrogens (tertiary/aromatic N) is 2. The van der Waals surface area contributed by atoms with Crippen LogP contribution in [-0.4, -0.2) is 22.6 Å². The van der Waals surface area contributed by atoms with Gasteiger partial charge < -0.3 is 10.1 Å². The molecule has 1 N–H and O–H groups in total. The molecule has 33 heavy (non-hydrogen) atoms. The normalized spacial score (nSPS) is 13.4. The second kappa shape index (κ2) is 9.79. The van der Waals surface area contributed by atoms with E-state index in [4.69, 9.17) is 39.5 Å². The third-order valence-corrected chi connectivity index (χ3v) is 6.03. The molecule has 0 fully saturated rings. The third-order valence-electron chi connectivity index (χ3n) is 5.25. The second-order valence-corrected chi connectivity index (χ2v) is 8.86. The zero-order valence-electron chi connectivity index (χ0n) is 17.2. The van der Waals surface area contributed by atoms with Crippen molar-refractivity contribution in [2.24, 2.45) is 0 Å². The predicted molar refractivity (Wildman–Crippen MR) is 123 cm³/mol. The number of halogens is 5. The van der Waals surface area contributed by atoms with E-state index in [0.29, 0.717) is 34.9 Å². The van der Waals surface area contributed by atoms with Gasteiger partial charge in [0.25, 0.3) is 17.7 Å². The van der Waals surface area contributed by atoms with Crippen molar-refractivity contribution in [1.82, 2.24) is 15.5 Å². The van der Waals surface area contributed by atoms with Crippen molar-refractivity contribution >= 4 is 40.7 Å². The topological polar surface area (TPSA) is 64.1 Å². The molecule has 0 atom stereocenters. The first-order valence-corrected chi connectivity index (χ1v) is 11.3. The molecule has 172 valence electrons. The van der Waals surface area contributed by atoms with Crippen LogP contribution in [0.5, 0.6) is 11.6 Å².